The summed E-state index contributed by atoms with van der Waals surface area (Å²) < 4.78 is 7.61. The van der Waals surface area contributed by atoms with Gasteiger partial charge in [-0.05, 0) is 37.7 Å². The summed E-state index contributed by atoms with van der Waals surface area (Å²) in [5.74, 6) is 0.926. The van der Waals surface area contributed by atoms with Crippen LogP contribution in [0.3, 0.4) is 0 Å². The fraction of sp³-hybridized carbons (Fsp3) is 0.556. The van der Waals surface area contributed by atoms with Crippen molar-refractivity contribution in [3.63, 3.8) is 0 Å². The smallest absolute Gasteiger partial charge is 0.119 e. The molecule has 1 atom stereocenters. The minimum Gasteiger partial charge on any atom is -0.492 e. The van der Waals surface area contributed by atoms with E-state index in [1.165, 1.54) is 5.56 Å². The van der Waals surface area contributed by atoms with E-state index < -0.39 is 0 Å². The number of hydrogen-bond donors (Lipinski definition) is 1. The number of likely N-dealkylation sites (N-methyl/N-ethyl adjacent to an activating group) is 1. The van der Waals surface area contributed by atoms with Crippen molar-refractivity contribution in [3.05, 3.63) is 41.7 Å². The summed E-state index contributed by atoms with van der Waals surface area (Å²) in [7, 11) is 1.91. The molecule has 2 aromatic rings. The lowest BCUT2D eigenvalue weighted by Crippen LogP contribution is -2.27. The first kappa shape index (κ1) is 18.4. The number of aromatic nitrogens is 3. The number of nitrogens with one attached hydrogen (secondary N) is 1. The van der Waals surface area contributed by atoms with Crippen LogP contribution in [0.1, 0.15) is 38.1 Å². The molecule has 1 N–H and O–H groups in total. The minimum atomic E-state index is 0.204. The van der Waals surface area contributed by atoms with Gasteiger partial charge in [-0.25, -0.2) is 0 Å². The molecule has 1 aromatic carbocycles. The monoisotopic (exact) mass is 331 g/mol. The Bertz CT molecular complexity index is 592. The van der Waals surface area contributed by atoms with Crippen LogP contribution in [0, 0.1) is 0 Å². The van der Waals surface area contributed by atoms with E-state index in [2.05, 4.69) is 53.4 Å². The highest BCUT2D eigenvalue weighted by molar-refractivity contribution is 5.27. The van der Waals surface area contributed by atoms with E-state index >= 15 is 0 Å². The third-order valence-electron chi connectivity index (χ3n) is 4.30. The summed E-state index contributed by atoms with van der Waals surface area (Å²) >= 11 is 0. The first-order valence-electron chi connectivity index (χ1n) is 8.66. The van der Waals surface area contributed by atoms with Crippen LogP contribution in [-0.4, -0.2) is 46.1 Å². The average molecular weight is 331 g/mol. The Morgan fingerprint density at radius 3 is 2.50 bits per heavy atom. The lowest BCUT2D eigenvalue weighted by atomic mass is 10.2. The minimum absolute atomic E-state index is 0.204. The van der Waals surface area contributed by atoms with Crippen LogP contribution >= 0.6 is 0 Å². The fourth-order valence-electron chi connectivity index (χ4n) is 2.60. The Hall–Kier alpha value is -1.92. The number of nitrogens with zero attached hydrogens (tertiary/aromatic N) is 4. The number of aryl methyl sites for hydroxylation is 1. The van der Waals surface area contributed by atoms with Crippen molar-refractivity contribution in [2.45, 2.75) is 33.4 Å². The van der Waals surface area contributed by atoms with Gasteiger partial charge in [-0.2, -0.15) is 0 Å². The average Bonchev–Trinajstić information content (AvgIpc) is 3.04. The first-order chi connectivity index (χ1) is 11.6. The largest absolute Gasteiger partial charge is 0.492 e. The number of hydrogen-bond acceptors (Lipinski definition) is 5. The SMILES string of the molecule is CCN(CC)CCOc1ccc(CNC(C)c2cnnn2C)cc1. The lowest BCUT2D eigenvalue weighted by Gasteiger charge is -2.18. The van der Waals surface area contributed by atoms with Gasteiger partial charge < -0.3 is 15.0 Å². The highest BCUT2D eigenvalue weighted by Crippen LogP contribution is 2.14. The molecule has 6 heteroatoms. The number of rotatable bonds is 10. The maximum atomic E-state index is 5.81. The third kappa shape index (κ3) is 5.32. The standard InChI is InChI=1S/C18H29N5O/c1-5-23(6-2)11-12-24-17-9-7-16(8-10-17)13-19-15(3)18-14-20-21-22(18)4/h7-10,14-15,19H,5-6,11-13H2,1-4H3. The van der Waals surface area contributed by atoms with E-state index in [9.17, 15) is 0 Å². The van der Waals surface area contributed by atoms with Gasteiger partial charge in [0.1, 0.15) is 12.4 Å². The molecule has 2 rings (SSSR count). The molecule has 0 aliphatic heterocycles. The van der Waals surface area contributed by atoms with Crippen molar-refractivity contribution in [1.82, 2.24) is 25.2 Å². The summed E-state index contributed by atoms with van der Waals surface area (Å²) in [5.41, 5.74) is 2.31. The molecule has 0 spiro atoms. The van der Waals surface area contributed by atoms with E-state index in [1.54, 1.807) is 10.9 Å². The molecule has 0 radical (unpaired) electrons. The normalized spacial score (nSPS) is 12.5. The molecule has 1 unspecified atom stereocenters. The second-order valence-electron chi connectivity index (χ2n) is 5.90. The highest BCUT2D eigenvalue weighted by atomic mass is 16.5. The summed E-state index contributed by atoms with van der Waals surface area (Å²) in [4.78, 5) is 2.35. The zero-order chi connectivity index (χ0) is 17.4. The van der Waals surface area contributed by atoms with Crippen LogP contribution in [0.25, 0.3) is 0 Å². The predicted octanol–water partition coefficient (Wildman–Crippen LogP) is 2.39. The van der Waals surface area contributed by atoms with E-state index in [-0.39, 0.29) is 6.04 Å². The van der Waals surface area contributed by atoms with Gasteiger partial charge >= 0.3 is 0 Å². The quantitative estimate of drug-likeness (QED) is 0.724. The second kappa shape index (κ2) is 9.39. The highest BCUT2D eigenvalue weighted by Gasteiger charge is 2.09. The van der Waals surface area contributed by atoms with Crippen molar-refractivity contribution >= 4 is 0 Å². The van der Waals surface area contributed by atoms with E-state index in [4.69, 9.17) is 4.74 Å². The Morgan fingerprint density at radius 1 is 1.21 bits per heavy atom. The topological polar surface area (TPSA) is 55.2 Å². The summed E-state index contributed by atoms with van der Waals surface area (Å²) in [5, 5.41) is 11.4. The molecular weight excluding hydrogens is 302 g/mol. The van der Waals surface area contributed by atoms with Crippen LogP contribution < -0.4 is 10.1 Å². The maximum Gasteiger partial charge on any atom is 0.119 e. The van der Waals surface area contributed by atoms with Crippen LogP contribution in [0.2, 0.25) is 0 Å². The van der Waals surface area contributed by atoms with Crippen molar-refractivity contribution in [2.24, 2.45) is 7.05 Å². The molecule has 0 amide bonds. The molecule has 0 saturated heterocycles. The first-order valence-corrected chi connectivity index (χ1v) is 8.66. The molecule has 0 aliphatic carbocycles. The molecule has 24 heavy (non-hydrogen) atoms. The molecule has 0 bridgehead atoms. The van der Waals surface area contributed by atoms with E-state index in [0.717, 1.165) is 44.2 Å². The van der Waals surface area contributed by atoms with Gasteiger partial charge in [-0.15, -0.1) is 5.10 Å². The van der Waals surface area contributed by atoms with Gasteiger partial charge in [0.05, 0.1) is 11.9 Å². The molecule has 132 valence electrons. The Balaban J connectivity index is 1.76. The molecule has 1 aromatic heterocycles. The van der Waals surface area contributed by atoms with Crippen molar-refractivity contribution in [2.75, 3.05) is 26.2 Å². The molecule has 0 aliphatic rings. The van der Waals surface area contributed by atoms with Crippen molar-refractivity contribution < 1.29 is 4.74 Å². The van der Waals surface area contributed by atoms with Gasteiger partial charge in [-0.3, -0.25) is 4.68 Å². The molecule has 1 heterocycles. The number of ether oxygens (including phenoxy) is 1. The Labute approximate surface area is 144 Å². The zero-order valence-electron chi connectivity index (χ0n) is 15.2. The van der Waals surface area contributed by atoms with Crippen LogP contribution in [0.15, 0.2) is 30.5 Å². The molecule has 0 saturated carbocycles. The van der Waals surface area contributed by atoms with Crippen LogP contribution in [-0.2, 0) is 13.6 Å². The summed E-state index contributed by atoms with van der Waals surface area (Å²) in [6, 6.07) is 8.49. The van der Waals surface area contributed by atoms with E-state index in [0.29, 0.717) is 0 Å². The van der Waals surface area contributed by atoms with Crippen molar-refractivity contribution in [3.8, 4) is 5.75 Å². The Morgan fingerprint density at radius 2 is 1.92 bits per heavy atom. The van der Waals surface area contributed by atoms with E-state index in [1.807, 2.05) is 19.2 Å². The fourth-order valence-corrected chi connectivity index (χ4v) is 2.60. The lowest BCUT2D eigenvalue weighted by molar-refractivity contribution is 0.223. The molecule has 0 fully saturated rings. The maximum absolute atomic E-state index is 5.81. The van der Waals surface area contributed by atoms with Gasteiger partial charge in [0.15, 0.2) is 0 Å². The molecular formula is C18H29N5O. The van der Waals surface area contributed by atoms with Gasteiger partial charge in [0.25, 0.3) is 0 Å². The summed E-state index contributed by atoms with van der Waals surface area (Å²) in [6.45, 7) is 11.1. The second-order valence-corrected chi connectivity index (χ2v) is 5.90. The van der Waals surface area contributed by atoms with Crippen molar-refractivity contribution in [1.29, 1.82) is 0 Å². The third-order valence-corrected chi connectivity index (χ3v) is 4.30. The van der Waals surface area contributed by atoms with Crippen LogP contribution in [0.4, 0.5) is 0 Å². The van der Waals surface area contributed by atoms with Gasteiger partial charge in [-0.1, -0.05) is 31.2 Å². The molecule has 6 nitrogen and oxygen atoms in total. The number of benzene rings is 1. The zero-order valence-corrected chi connectivity index (χ0v) is 15.2. The van der Waals surface area contributed by atoms with Gasteiger partial charge in [0.2, 0.25) is 0 Å². The Kier molecular flexibility index (Phi) is 7.21. The van der Waals surface area contributed by atoms with Crippen LogP contribution in [0.5, 0.6) is 5.75 Å². The predicted molar refractivity (Wildman–Crippen MR) is 96.0 cm³/mol. The van der Waals surface area contributed by atoms with Gasteiger partial charge in [0, 0.05) is 26.2 Å². The summed E-state index contributed by atoms with van der Waals surface area (Å²) in [6.07, 6.45) is 1.80.